The molecule has 0 aromatic heterocycles. The van der Waals surface area contributed by atoms with E-state index in [1.165, 1.54) is 79.9 Å². The number of azo groups is 1. The molecule has 6 rings (SSSR count). The molecule has 0 saturated heterocycles. The van der Waals surface area contributed by atoms with Crippen LogP contribution in [0, 0.1) is 0 Å². The van der Waals surface area contributed by atoms with Crippen molar-refractivity contribution < 1.29 is 62.2 Å². The summed E-state index contributed by atoms with van der Waals surface area (Å²) < 4.78 is 168. The number of anilines is 3. The molecule has 0 amide bonds. The summed E-state index contributed by atoms with van der Waals surface area (Å²) in [5, 5.41) is 8.31. The lowest BCUT2D eigenvalue weighted by molar-refractivity contribution is -0.144. The van der Waals surface area contributed by atoms with E-state index in [0.717, 1.165) is 0 Å². The third-order valence-corrected chi connectivity index (χ3v) is 8.77. The highest BCUT2D eigenvalue weighted by Gasteiger charge is 2.38. The maximum absolute atomic E-state index is 13.6. The quantitative estimate of drug-likeness (QED) is 0.0872. The molecule has 304 valence electrons. The monoisotopic (exact) mass is 831 g/mol. The zero-order valence-electron chi connectivity index (χ0n) is 29.9. The Balaban J connectivity index is 1.39. The highest BCUT2D eigenvalue weighted by molar-refractivity contribution is 5.89. The molecule has 0 aliphatic rings. The second-order valence-corrected chi connectivity index (χ2v) is 12.8. The number of hydrogen-bond acceptors (Lipinski definition) is 5. The van der Waals surface area contributed by atoms with Gasteiger partial charge in [0.15, 0.2) is 0 Å². The fraction of sp³-hybridized carbons (Fsp3) is 0.119. The topological polar surface area (TPSA) is 54.3 Å². The average Bonchev–Trinajstić information content (AvgIpc) is 3.19. The number of methoxy groups -OCH3 is 1. The maximum Gasteiger partial charge on any atom is 0.416 e. The highest BCUT2D eigenvalue weighted by Crippen LogP contribution is 2.43. The number of hydrogen-bond donors (Lipinski definition) is 0. The Hall–Kier alpha value is -6.65. The van der Waals surface area contributed by atoms with Gasteiger partial charge in [0, 0.05) is 17.1 Å². The largest absolute Gasteiger partial charge is 0.465 e. The van der Waals surface area contributed by atoms with Crippen molar-refractivity contribution in [3.63, 3.8) is 0 Å². The van der Waals surface area contributed by atoms with Crippen LogP contribution < -0.4 is 4.90 Å². The third-order valence-electron chi connectivity index (χ3n) is 8.77. The fourth-order valence-electron chi connectivity index (χ4n) is 5.86. The van der Waals surface area contributed by atoms with Crippen molar-refractivity contribution in [1.82, 2.24) is 0 Å². The van der Waals surface area contributed by atoms with E-state index in [2.05, 4.69) is 15.0 Å². The van der Waals surface area contributed by atoms with Gasteiger partial charge in [0.1, 0.15) is 0 Å². The smallest absolute Gasteiger partial charge is 0.416 e. The Morgan fingerprint density at radius 2 is 0.712 bits per heavy atom. The number of carbonyl (C=O) groups is 1. The number of halogens is 12. The summed E-state index contributed by atoms with van der Waals surface area (Å²) >= 11 is 0. The predicted octanol–water partition coefficient (Wildman–Crippen LogP) is 14.8. The van der Waals surface area contributed by atoms with E-state index in [-0.39, 0.29) is 34.4 Å². The van der Waals surface area contributed by atoms with Gasteiger partial charge in [-0.3, -0.25) is 0 Å². The average molecular weight is 832 g/mol. The van der Waals surface area contributed by atoms with E-state index in [4.69, 9.17) is 0 Å². The second kappa shape index (κ2) is 15.9. The molecule has 0 aliphatic carbocycles. The van der Waals surface area contributed by atoms with E-state index >= 15 is 0 Å². The van der Waals surface area contributed by atoms with Crippen molar-refractivity contribution in [1.29, 1.82) is 0 Å². The third kappa shape index (κ3) is 9.91. The van der Waals surface area contributed by atoms with Crippen LogP contribution in [0.2, 0.25) is 0 Å². The molecule has 17 heteroatoms. The number of esters is 1. The van der Waals surface area contributed by atoms with Crippen LogP contribution in [0.5, 0.6) is 0 Å². The number of benzene rings is 6. The molecule has 5 nitrogen and oxygen atoms in total. The number of alkyl halides is 12. The molecule has 0 atom stereocenters. The number of rotatable bonds is 8. The van der Waals surface area contributed by atoms with Gasteiger partial charge in [0.05, 0.1) is 46.3 Å². The molecule has 0 N–H and O–H groups in total. The van der Waals surface area contributed by atoms with Crippen LogP contribution in [0.3, 0.4) is 0 Å². The Morgan fingerprint density at radius 3 is 1.00 bits per heavy atom. The van der Waals surface area contributed by atoms with Crippen LogP contribution in [0.15, 0.2) is 144 Å². The minimum atomic E-state index is -5.08. The molecule has 6 aromatic carbocycles. The van der Waals surface area contributed by atoms with Gasteiger partial charge in [-0.25, -0.2) is 4.79 Å². The normalized spacial score (nSPS) is 12.5. The minimum Gasteiger partial charge on any atom is -0.465 e. The second-order valence-electron chi connectivity index (χ2n) is 12.8. The summed E-state index contributed by atoms with van der Waals surface area (Å²) in [6, 6.07) is 25.5. The molecule has 0 heterocycles. The summed E-state index contributed by atoms with van der Waals surface area (Å²) in [7, 11) is 1.23. The molecule has 6 aromatic rings. The molecule has 0 radical (unpaired) electrons. The number of nitrogens with zero attached hydrogens (tertiary/aromatic N) is 3. The molecule has 0 fully saturated rings. The highest BCUT2D eigenvalue weighted by atomic mass is 19.4. The zero-order valence-corrected chi connectivity index (χ0v) is 29.9. The Kier molecular flexibility index (Phi) is 11.3. The SMILES string of the molecule is COC(=O)c1ccc(N=Nc2ccc(N(c3ccc(-c4cc(C(F)(F)F)cc(C(F)(F)F)c4)cc3)c3ccc(-c4cc(C(F)(F)F)cc(C(F)(F)F)c4)cc3)cc2)cc1. The standard InChI is InChI=1S/C42H25F12N3O2/c1-59-38(58)26-2-8-33(9-3-26)55-56-34-10-16-37(17-11-34)57(35-12-4-24(5-13-35)27-18-29(39(43,44)45)22-30(19-27)40(46,47)48)36-14-6-25(7-15-36)28-20-31(41(49,50)51)23-32(21-28)42(52,53)54/h2-23H,1H3. The Labute approximate surface area is 326 Å². The zero-order chi connectivity index (χ0) is 42.9. The van der Waals surface area contributed by atoms with Gasteiger partial charge >= 0.3 is 30.7 Å². The van der Waals surface area contributed by atoms with Gasteiger partial charge < -0.3 is 9.64 Å². The van der Waals surface area contributed by atoms with Gasteiger partial charge in [0.25, 0.3) is 0 Å². The van der Waals surface area contributed by atoms with E-state index in [1.54, 1.807) is 29.2 Å². The summed E-state index contributed by atoms with van der Waals surface area (Å²) in [5.41, 5.74) is -4.71. The molecular formula is C42H25F12N3O2. The summed E-state index contributed by atoms with van der Waals surface area (Å²) in [5.74, 6) is -0.546. The van der Waals surface area contributed by atoms with Crippen molar-refractivity contribution in [2.24, 2.45) is 10.2 Å². The molecule has 0 spiro atoms. The summed E-state index contributed by atoms with van der Waals surface area (Å²) in [6.45, 7) is 0. The van der Waals surface area contributed by atoms with Gasteiger partial charge in [-0.2, -0.15) is 62.9 Å². The number of ether oxygens (including phenoxy) is 1. The van der Waals surface area contributed by atoms with Gasteiger partial charge in [-0.1, -0.05) is 24.3 Å². The van der Waals surface area contributed by atoms with Crippen molar-refractivity contribution >= 4 is 34.4 Å². The van der Waals surface area contributed by atoms with E-state index in [0.29, 0.717) is 58.3 Å². The lowest BCUT2D eigenvalue weighted by atomic mass is 9.98. The fourth-order valence-corrected chi connectivity index (χ4v) is 5.86. The maximum atomic E-state index is 13.6. The van der Waals surface area contributed by atoms with E-state index in [9.17, 15) is 57.5 Å². The minimum absolute atomic E-state index is 0.000964. The molecule has 0 bridgehead atoms. The van der Waals surface area contributed by atoms with Gasteiger partial charge in [-0.15, -0.1) is 0 Å². The summed E-state index contributed by atoms with van der Waals surface area (Å²) in [6.07, 6.45) is -20.3. The van der Waals surface area contributed by atoms with Crippen LogP contribution in [0.1, 0.15) is 32.6 Å². The van der Waals surface area contributed by atoms with Gasteiger partial charge in [-0.05, 0) is 131 Å². The van der Waals surface area contributed by atoms with Crippen LogP contribution in [0.25, 0.3) is 22.3 Å². The van der Waals surface area contributed by atoms with Crippen LogP contribution in [-0.4, -0.2) is 13.1 Å². The predicted molar refractivity (Wildman–Crippen MR) is 194 cm³/mol. The molecule has 0 aliphatic heterocycles. The first kappa shape index (κ1) is 42.0. The van der Waals surface area contributed by atoms with E-state index < -0.39 is 52.9 Å². The molecular weight excluding hydrogens is 806 g/mol. The van der Waals surface area contributed by atoms with Crippen molar-refractivity contribution in [3.05, 3.63) is 161 Å². The first-order chi connectivity index (χ1) is 27.6. The van der Waals surface area contributed by atoms with Crippen LogP contribution >= 0.6 is 0 Å². The van der Waals surface area contributed by atoms with Crippen molar-refractivity contribution in [2.75, 3.05) is 12.0 Å². The first-order valence-corrected chi connectivity index (χ1v) is 16.9. The Bertz CT molecular complexity index is 2290. The van der Waals surface area contributed by atoms with Crippen LogP contribution in [-0.2, 0) is 29.4 Å². The lowest BCUT2D eigenvalue weighted by Crippen LogP contribution is -2.11. The molecule has 0 saturated carbocycles. The summed E-state index contributed by atoms with van der Waals surface area (Å²) in [4.78, 5) is 13.3. The first-order valence-electron chi connectivity index (χ1n) is 16.9. The Morgan fingerprint density at radius 1 is 0.424 bits per heavy atom. The lowest BCUT2D eigenvalue weighted by Gasteiger charge is -2.26. The van der Waals surface area contributed by atoms with E-state index in [1.807, 2.05) is 0 Å². The van der Waals surface area contributed by atoms with Crippen LogP contribution in [0.4, 0.5) is 81.1 Å². The van der Waals surface area contributed by atoms with Gasteiger partial charge in [0.2, 0.25) is 0 Å². The van der Waals surface area contributed by atoms with Crippen molar-refractivity contribution in [3.8, 4) is 22.3 Å². The molecule has 59 heavy (non-hydrogen) atoms. The molecule has 0 unspecified atom stereocenters. The van der Waals surface area contributed by atoms with Crippen molar-refractivity contribution in [2.45, 2.75) is 24.7 Å². The number of carbonyl (C=O) groups excluding carboxylic acids is 1.